The maximum atomic E-state index is 13.2. The van der Waals surface area contributed by atoms with Crippen molar-refractivity contribution in [2.24, 2.45) is 5.92 Å². The number of fused-ring (bicyclic) bond motifs is 4. The van der Waals surface area contributed by atoms with Crippen molar-refractivity contribution in [3.63, 3.8) is 0 Å². The molecule has 2 amide bonds. The second kappa shape index (κ2) is 6.67. The van der Waals surface area contributed by atoms with E-state index in [0.717, 1.165) is 5.56 Å². The number of hydrogen-bond donors (Lipinski definition) is 1. The van der Waals surface area contributed by atoms with Gasteiger partial charge in [0.05, 0.1) is 6.61 Å². The molecule has 2 bridgehead atoms. The number of likely N-dealkylation sites (tertiary alicyclic amines) is 1. The maximum Gasteiger partial charge on any atom is 0.238 e. The Hall–Kier alpha value is -2.08. The summed E-state index contributed by atoms with van der Waals surface area (Å²) in [6, 6.07) is 7.62. The fourth-order valence-electron chi connectivity index (χ4n) is 4.17. The Bertz CT molecular complexity index is 673. The highest BCUT2D eigenvalue weighted by atomic mass is 16.5. The number of aliphatic hydroxyl groups excluding tert-OH is 1. The number of ether oxygens (including phenoxy) is 1. The zero-order chi connectivity index (χ0) is 18.2. The fourth-order valence-corrected chi connectivity index (χ4v) is 4.17. The van der Waals surface area contributed by atoms with Crippen LogP contribution in [-0.2, 0) is 9.59 Å². The van der Waals surface area contributed by atoms with Crippen molar-refractivity contribution < 1.29 is 19.4 Å². The zero-order valence-electron chi connectivity index (χ0n) is 15.1. The smallest absolute Gasteiger partial charge is 0.238 e. The standard InChI is InChI=1S/C19H26N2O4/c1-4-20(5-2)17(23)16-14-12-19(3,21(10-11-22)18(16)24)25-15-9-7-6-8-13(14)15/h6-9,14,16,22H,4-5,10-12H2,1-3H3/t14-,16+,19-/m1/s1. The van der Waals surface area contributed by atoms with Gasteiger partial charge in [0, 0.05) is 32.0 Å². The van der Waals surface area contributed by atoms with Gasteiger partial charge in [-0.1, -0.05) is 18.2 Å². The number of nitrogens with zero attached hydrogens (tertiary/aromatic N) is 2. The Labute approximate surface area is 148 Å². The average Bonchev–Trinajstić information content (AvgIpc) is 2.59. The molecule has 2 aliphatic heterocycles. The van der Waals surface area contributed by atoms with Gasteiger partial charge in [-0.2, -0.15) is 0 Å². The molecule has 6 nitrogen and oxygen atoms in total. The van der Waals surface area contributed by atoms with Crippen LogP contribution in [0.15, 0.2) is 24.3 Å². The highest BCUT2D eigenvalue weighted by Gasteiger charge is 2.56. The molecule has 1 aromatic rings. The van der Waals surface area contributed by atoms with Gasteiger partial charge in [-0.25, -0.2) is 0 Å². The van der Waals surface area contributed by atoms with E-state index in [1.54, 1.807) is 4.90 Å². The van der Waals surface area contributed by atoms with E-state index < -0.39 is 11.6 Å². The molecule has 1 N–H and O–H groups in total. The third kappa shape index (κ3) is 2.78. The Morgan fingerprint density at radius 2 is 2.04 bits per heavy atom. The molecule has 136 valence electrons. The second-order valence-corrected chi connectivity index (χ2v) is 6.83. The van der Waals surface area contributed by atoms with E-state index in [2.05, 4.69) is 0 Å². The molecule has 3 atom stereocenters. The summed E-state index contributed by atoms with van der Waals surface area (Å²) in [7, 11) is 0. The van der Waals surface area contributed by atoms with Crippen molar-refractivity contribution in [2.45, 2.75) is 38.8 Å². The lowest BCUT2D eigenvalue weighted by molar-refractivity contribution is -0.179. The number of aliphatic hydroxyl groups is 1. The van der Waals surface area contributed by atoms with Crippen LogP contribution in [0.5, 0.6) is 5.75 Å². The minimum Gasteiger partial charge on any atom is -0.468 e. The molecule has 0 saturated carbocycles. The van der Waals surface area contributed by atoms with Gasteiger partial charge in [0.25, 0.3) is 0 Å². The van der Waals surface area contributed by atoms with Gasteiger partial charge < -0.3 is 19.6 Å². The number of benzene rings is 1. The van der Waals surface area contributed by atoms with Crippen LogP contribution in [-0.4, -0.2) is 58.7 Å². The molecule has 3 rings (SSSR count). The Morgan fingerprint density at radius 1 is 1.36 bits per heavy atom. The molecule has 0 aromatic heterocycles. The van der Waals surface area contributed by atoms with Crippen LogP contribution in [0.3, 0.4) is 0 Å². The minimum atomic E-state index is -0.834. The first-order chi connectivity index (χ1) is 12.0. The number of hydrogen-bond acceptors (Lipinski definition) is 4. The summed E-state index contributed by atoms with van der Waals surface area (Å²) < 4.78 is 6.14. The average molecular weight is 346 g/mol. The zero-order valence-corrected chi connectivity index (χ0v) is 15.1. The van der Waals surface area contributed by atoms with E-state index in [0.29, 0.717) is 25.3 Å². The summed E-state index contributed by atoms with van der Waals surface area (Å²) >= 11 is 0. The molecule has 2 aliphatic rings. The molecule has 0 spiro atoms. The molecular formula is C19H26N2O4. The van der Waals surface area contributed by atoms with Gasteiger partial charge in [-0.05, 0) is 32.4 Å². The van der Waals surface area contributed by atoms with E-state index >= 15 is 0 Å². The number of rotatable bonds is 5. The van der Waals surface area contributed by atoms with Crippen molar-refractivity contribution in [1.29, 1.82) is 0 Å². The first-order valence-electron chi connectivity index (χ1n) is 8.95. The number of carbonyl (C=O) groups is 2. The molecule has 6 heteroatoms. The topological polar surface area (TPSA) is 70.1 Å². The molecule has 1 saturated heterocycles. The van der Waals surface area contributed by atoms with Gasteiger partial charge >= 0.3 is 0 Å². The Morgan fingerprint density at radius 3 is 2.68 bits per heavy atom. The molecule has 1 fully saturated rings. The summed E-state index contributed by atoms with van der Waals surface area (Å²) in [5, 5.41) is 9.42. The molecular weight excluding hydrogens is 320 g/mol. The van der Waals surface area contributed by atoms with Gasteiger partial charge in [-0.15, -0.1) is 0 Å². The predicted molar refractivity (Wildman–Crippen MR) is 93.0 cm³/mol. The highest BCUT2D eigenvalue weighted by molar-refractivity contribution is 6.02. The van der Waals surface area contributed by atoms with Crippen LogP contribution >= 0.6 is 0 Å². The minimum absolute atomic E-state index is 0.137. The third-order valence-electron chi connectivity index (χ3n) is 5.42. The SMILES string of the molecule is CCN(CC)C(=O)[C@H]1C(=O)N(CCO)[C@@]2(C)C[C@@H]1c1ccccc1O2. The summed E-state index contributed by atoms with van der Waals surface area (Å²) in [4.78, 5) is 29.6. The lowest BCUT2D eigenvalue weighted by Gasteiger charge is -2.53. The van der Waals surface area contributed by atoms with E-state index in [4.69, 9.17) is 4.74 Å². The molecule has 1 aromatic carbocycles. The number of para-hydroxylation sites is 1. The second-order valence-electron chi connectivity index (χ2n) is 6.83. The van der Waals surface area contributed by atoms with Gasteiger partial charge in [0.1, 0.15) is 11.7 Å². The van der Waals surface area contributed by atoms with Crippen LogP contribution in [0.4, 0.5) is 0 Å². The third-order valence-corrected chi connectivity index (χ3v) is 5.42. The normalized spacial score (nSPS) is 27.5. The van der Waals surface area contributed by atoms with E-state index in [9.17, 15) is 14.7 Å². The lowest BCUT2D eigenvalue weighted by Crippen LogP contribution is -2.65. The predicted octanol–water partition coefficient (Wildman–Crippen LogP) is 1.59. The summed E-state index contributed by atoms with van der Waals surface area (Å²) in [6.07, 6.45) is 0.549. The monoisotopic (exact) mass is 346 g/mol. The van der Waals surface area contributed by atoms with Crippen molar-refractivity contribution in [3.8, 4) is 5.75 Å². The Balaban J connectivity index is 2.09. The molecule has 2 heterocycles. The number of β-amino-alcohol motifs (C(OH)–C–C–N with tert-alkyl or cyclic N) is 1. The van der Waals surface area contributed by atoms with E-state index in [-0.39, 0.29) is 30.9 Å². The molecule has 0 unspecified atom stereocenters. The molecule has 0 aliphatic carbocycles. The van der Waals surface area contributed by atoms with Crippen LogP contribution in [0.25, 0.3) is 0 Å². The fraction of sp³-hybridized carbons (Fsp3) is 0.579. The van der Waals surface area contributed by atoms with Crippen molar-refractivity contribution in [3.05, 3.63) is 29.8 Å². The van der Waals surface area contributed by atoms with Crippen molar-refractivity contribution >= 4 is 11.8 Å². The van der Waals surface area contributed by atoms with Crippen molar-refractivity contribution in [2.75, 3.05) is 26.2 Å². The summed E-state index contributed by atoms with van der Waals surface area (Å²) in [6.45, 7) is 6.84. The summed E-state index contributed by atoms with van der Waals surface area (Å²) in [5.74, 6) is -0.634. The van der Waals surface area contributed by atoms with Gasteiger partial charge in [0.15, 0.2) is 5.72 Å². The van der Waals surface area contributed by atoms with Crippen LogP contribution in [0.2, 0.25) is 0 Å². The Kier molecular flexibility index (Phi) is 4.73. The van der Waals surface area contributed by atoms with Crippen molar-refractivity contribution in [1.82, 2.24) is 9.80 Å². The van der Waals surface area contributed by atoms with Crippen LogP contribution in [0, 0.1) is 5.92 Å². The number of carbonyl (C=O) groups excluding carboxylic acids is 2. The first-order valence-corrected chi connectivity index (χ1v) is 8.95. The quantitative estimate of drug-likeness (QED) is 0.822. The van der Waals surface area contributed by atoms with Crippen LogP contribution in [0.1, 0.15) is 38.7 Å². The lowest BCUT2D eigenvalue weighted by atomic mass is 9.73. The largest absolute Gasteiger partial charge is 0.468 e. The number of piperidine rings is 1. The first kappa shape index (κ1) is 17.7. The highest BCUT2D eigenvalue weighted by Crippen LogP contribution is 2.50. The van der Waals surface area contributed by atoms with Gasteiger partial charge in [-0.3, -0.25) is 9.59 Å². The van der Waals surface area contributed by atoms with Gasteiger partial charge in [0.2, 0.25) is 11.8 Å². The van der Waals surface area contributed by atoms with E-state index in [1.165, 1.54) is 4.90 Å². The van der Waals surface area contributed by atoms with E-state index in [1.807, 2.05) is 45.0 Å². The summed E-state index contributed by atoms with van der Waals surface area (Å²) in [5.41, 5.74) is 0.0845. The molecule has 25 heavy (non-hydrogen) atoms. The molecule has 0 radical (unpaired) electrons. The number of amides is 2. The maximum absolute atomic E-state index is 13.2. The van der Waals surface area contributed by atoms with Crippen LogP contribution < -0.4 is 4.74 Å².